The van der Waals surface area contributed by atoms with Crippen molar-refractivity contribution in [3.8, 4) is 11.4 Å². The average Bonchev–Trinajstić information content (AvgIpc) is 3.17. The number of esters is 1. The van der Waals surface area contributed by atoms with Crippen molar-refractivity contribution in [3.05, 3.63) is 66.0 Å². The summed E-state index contributed by atoms with van der Waals surface area (Å²) in [5.41, 5.74) is 2.24. The number of carbonyl (C=O) groups excluding carboxylic acids is 1. The lowest BCUT2D eigenvalue weighted by molar-refractivity contribution is -0.147. The van der Waals surface area contributed by atoms with Crippen molar-refractivity contribution in [1.29, 1.82) is 0 Å². The zero-order valence-corrected chi connectivity index (χ0v) is 14.3. The fourth-order valence-corrected chi connectivity index (χ4v) is 2.44. The minimum atomic E-state index is -2.88. The summed E-state index contributed by atoms with van der Waals surface area (Å²) in [5.74, 6) is -0.347. The van der Waals surface area contributed by atoms with E-state index in [1.54, 1.807) is 43.3 Å². The van der Waals surface area contributed by atoms with Crippen molar-refractivity contribution in [2.45, 2.75) is 26.1 Å². The lowest BCUT2D eigenvalue weighted by Crippen LogP contribution is -2.11. The molecule has 27 heavy (non-hydrogen) atoms. The van der Waals surface area contributed by atoms with Crippen molar-refractivity contribution in [2.75, 3.05) is 0 Å². The maximum atomic E-state index is 12.2. The standard InChI is InChI=1S/C18H16F2N4O3/c1-12(14-4-8-16(9-5-14)27-18(19)20)26-17(25)10-13-2-6-15(7-3-13)24-11-21-22-23-24/h2-9,11-12,18H,10H2,1H3. The quantitative estimate of drug-likeness (QED) is 0.591. The third kappa shape index (κ3) is 5.06. The highest BCUT2D eigenvalue weighted by Gasteiger charge is 2.13. The molecule has 0 aliphatic heterocycles. The Hall–Kier alpha value is -3.36. The molecule has 1 atom stereocenters. The van der Waals surface area contributed by atoms with Crippen LogP contribution in [0.5, 0.6) is 5.75 Å². The van der Waals surface area contributed by atoms with Crippen molar-refractivity contribution < 1.29 is 23.0 Å². The van der Waals surface area contributed by atoms with Gasteiger partial charge in [-0.3, -0.25) is 4.79 Å². The number of benzene rings is 2. The summed E-state index contributed by atoms with van der Waals surface area (Å²) in [4.78, 5) is 12.1. The van der Waals surface area contributed by atoms with Crippen LogP contribution in [-0.2, 0) is 16.0 Å². The minimum Gasteiger partial charge on any atom is -0.458 e. The SMILES string of the molecule is CC(OC(=O)Cc1ccc(-n2cnnn2)cc1)c1ccc(OC(F)F)cc1. The van der Waals surface area contributed by atoms with E-state index >= 15 is 0 Å². The van der Waals surface area contributed by atoms with E-state index in [2.05, 4.69) is 20.3 Å². The van der Waals surface area contributed by atoms with E-state index in [1.807, 2.05) is 0 Å². The van der Waals surface area contributed by atoms with Gasteiger partial charge in [-0.2, -0.15) is 8.78 Å². The molecule has 0 aliphatic carbocycles. The number of carbonyl (C=O) groups is 1. The van der Waals surface area contributed by atoms with Gasteiger partial charge in [-0.15, -0.1) is 5.10 Å². The molecule has 3 rings (SSSR count). The summed E-state index contributed by atoms with van der Waals surface area (Å²) in [7, 11) is 0. The summed E-state index contributed by atoms with van der Waals surface area (Å²) in [6.45, 7) is -1.17. The fourth-order valence-electron chi connectivity index (χ4n) is 2.44. The molecule has 1 heterocycles. The molecule has 0 spiro atoms. The third-order valence-corrected chi connectivity index (χ3v) is 3.78. The molecule has 2 aromatic carbocycles. The van der Waals surface area contributed by atoms with Gasteiger partial charge in [0.15, 0.2) is 0 Å². The fraction of sp³-hybridized carbons (Fsp3) is 0.222. The number of nitrogens with zero attached hydrogens (tertiary/aromatic N) is 4. The predicted octanol–water partition coefficient (Wildman–Crippen LogP) is 3.11. The number of hydrogen-bond donors (Lipinski definition) is 0. The topological polar surface area (TPSA) is 79.1 Å². The van der Waals surface area contributed by atoms with Crippen molar-refractivity contribution in [1.82, 2.24) is 20.2 Å². The van der Waals surface area contributed by atoms with Crippen molar-refractivity contribution in [3.63, 3.8) is 0 Å². The third-order valence-electron chi connectivity index (χ3n) is 3.78. The van der Waals surface area contributed by atoms with Gasteiger partial charge < -0.3 is 9.47 Å². The normalized spacial score (nSPS) is 12.0. The van der Waals surface area contributed by atoms with Crippen LogP contribution in [0.15, 0.2) is 54.9 Å². The second-order valence-corrected chi connectivity index (χ2v) is 5.68. The van der Waals surface area contributed by atoms with Gasteiger partial charge in [-0.25, -0.2) is 4.68 Å². The molecule has 0 saturated carbocycles. The highest BCUT2D eigenvalue weighted by atomic mass is 19.3. The molecule has 0 aliphatic rings. The minimum absolute atomic E-state index is 0.0509. The first kappa shape index (κ1) is 18.4. The highest BCUT2D eigenvalue weighted by Crippen LogP contribution is 2.22. The Morgan fingerprint density at radius 3 is 2.41 bits per heavy atom. The maximum absolute atomic E-state index is 12.2. The van der Waals surface area contributed by atoms with Gasteiger partial charge in [0, 0.05) is 0 Å². The van der Waals surface area contributed by atoms with Crippen LogP contribution in [0.2, 0.25) is 0 Å². The van der Waals surface area contributed by atoms with E-state index in [9.17, 15) is 13.6 Å². The van der Waals surface area contributed by atoms with Crippen LogP contribution in [-0.4, -0.2) is 32.8 Å². The molecule has 140 valence electrons. The summed E-state index contributed by atoms with van der Waals surface area (Å²) < 4.78 is 35.5. The molecule has 0 radical (unpaired) electrons. The first-order chi connectivity index (χ1) is 13.0. The maximum Gasteiger partial charge on any atom is 0.387 e. The molecule has 0 fully saturated rings. The monoisotopic (exact) mass is 374 g/mol. The Morgan fingerprint density at radius 2 is 1.81 bits per heavy atom. The predicted molar refractivity (Wildman–Crippen MR) is 90.4 cm³/mol. The van der Waals surface area contributed by atoms with E-state index in [0.29, 0.717) is 5.56 Å². The van der Waals surface area contributed by atoms with Gasteiger partial charge in [0.25, 0.3) is 0 Å². The van der Waals surface area contributed by atoms with E-state index in [4.69, 9.17) is 4.74 Å². The number of aromatic nitrogens is 4. The molecule has 1 aromatic heterocycles. The zero-order valence-electron chi connectivity index (χ0n) is 14.3. The van der Waals surface area contributed by atoms with Crippen LogP contribution in [0.1, 0.15) is 24.2 Å². The lowest BCUT2D eigenvalue weighted by Gasteiger charge is -2.14. The lowest BCUT2D eigenvalue weighted by atomic mass is 10.1. The van der Waals surface area contributed by atoms with Crippen molar-refractivity contribution in [2.24, 2.45) is 0 Å². The van der Waals surface area contributed by atoms with Crippen LogP contribution in [0, 0.1) is 0 Å². The van der Waals surface area contributed by atoms with Crippen LogP contribution >= 0.6 is 0 Å². The first-order valence-corrected chi connectivity index (χ1v) is 8.08. The smallest absolute Gasteiger partial charge is 0.387 e. The van der Waals surface area contributed by atoms with Crippen LogP contribution in [0.4, 0.5) is 8.78 Å². The van der Waals surface area contributed by atoms with E-state index in [1.165, 1.54) is 23.1 Å². The van der Waals surface area contributed by atoms with Crippen molar-refractivity contribution >= 4 is 5.97 Å². The molecule has 0 amide bonds. The number of tetrazole rings is 1. The number of rotatable bonds is 7. The van der Waals surface area contributed by atoms with Crippen LogP contribution in [0.25, 0.3) is 5.69 Å². The van der Waals surface area contributed by atoms with E-state index in [-0.39, 0.29) is 12.2 Å². The van der Waals surface area contributed by atoms with E-state index < -0.39 is 18.7 Å². The Balaban J connectivity index is 1.55. The van der Waals surface area contributed by atoms with Gasteiger partial charge in [-0.05, 0) is 52.7 Å². The highest BCUT2D eigenvalue weighted by molar-refractivity contribution is 5.73. The van der Waals surface area contributed by atoms with Gasteiger partial charge in [0.1, 0.15) is 18.2 Å². The number of alkyl halides is 2. The zero-order chi connectivity index (χ0) is 19.2. The molecule has 1 unspecified atom stereocenters. The summed E-state index contributed by atoms with van der Waals surface area (Å²) in [6, 6.07) is 13.1. The van der Waals surface area contributed by atoms with Crippen LogP contribution < -0.4 is 4.74 Å². The molecular formula is C18H16F2N4O3. The molecule has 0 saturated heterocycles. The Labute approximate surface area is 153 Å². The molecule has 0 bridgehead atoms. The Bertz CT molecular complexity index is 869. The van der Waals surface area contributed by atoms with Gasteiger partial charge in [0.2, 0.25) is 0 Å². The number of hydrogen-bond acceptors (Lipinski definition) is 6. The molecule has 7 nitrogen and oxygen atoms in total. The van der Waals surface area contributed by atoms with Crippen LogP contribution in [0.3, 0.4) is 0 Å². The van der Waals surface area contributed by atoms with Gasteiger partial charge in [-0.1, -0.05) is 24.3 Å². The average molecular weight is 374 g/mol. The van der Waals surface area contributed by atoms with E-state index in [0.717, 1.165) is 11.3 Å². The summed E-state index contributed by atoms with van der Waals surface area (Å²) in [5, 5.41) is 10.9. The molecule has 9 heteroatoms. The largest absolute Gasteiger partial charge is 0.458 e. The van der Waals surface area contributed by atoms with Gasteiger partial charge >= 0.3 is 12.6 Å². The number of ether oxygens (including phenoxy) is 2. The van der Waals surface area contributed by atoms with Gasteiger partial charge in [0.05, 0.1) is 12.1 Å². The molecular weight excluding hydrogens is 358 g/mol. The Morgan fingerprint density at radius 1 is 1.11 bits per heavy atom. The molecule has 0 N–H and O–H groups in total. The Kier molecular flexibility index (Phi) is 5.70. The second-order valence-electron chi connectivity index (χ2n) is 5.68. The summed E-state index contributed by atoms with van der Waals surface area (Å²) >= 11 is 0. The number of halogens is 2. The second kappa shape index (κ2) is 8.35. The first-order valence-electron chi connectivity index (χ1n) is 8.08. The molecule has 3 aromatic rings. The summed E-state index contributed by atoms with van der Waals surface area (Å²) in [6.07, 6.45) is 1.06.